The van der Waals surface area contributed by atoms with Crippen LogP contribution in [-0.2, 0) is 4.74 Å². The Kier molecular flexibility index (Phi) is 5.01. The van der Waals surface area contributed by atoms with E-state index < -0.39 is 0 Å². The van der Waals surface area contributed by atoms with Crippen molar-refractivity contribution in [2.75, 3.05) is 20.3 Å². The summed E-state index contributed by atoms with van der Waals surface area (Å²) in [6, 6.07) is 0.297. The number of allylic oxidation sites excluding steroid dienone is 4. The van der Waals surface area contributed by atoms with Crippen molar-refractivity contribution in [3.8, 4) is 0 Å². The van der Waals surface area contributed by atoms with Crippen LogP contribution in [0.1, 0.15) is 6.92 Å². The maximum atomic E-state index is 5.09. The van der Waals surface area contributed by atoms with E-state index in [1.54, 1.807) is 13.2 Å². The Morgan fingerprint density at radius 2 is 2.40 bits per heavy atom. The smallest absolute Gasteiger partial charge is 0.0860 e. The fraction of sp³-hybridized carbons (Fsp3) is 0.417. The number of methoxy groups -OCH3 is 1. The van der Waals surface area contributed by atoms with Gasteiger partial charge in [-0.15, -0.1) is 0 Å². The number of aliphatic imine (C=N–C) groups is 1. The van der Waals surface area contributed by atoms with Crippen LogP contribution < -0.4 is 5.32 Å². The first kappa shape index (κ1) is 11.9. The first-order chi connectivity index (χ1) is 7.27. The maximum Gasteiger partial charge on any atom is 0.0860 e. The van der Waals surface area contributed by atoms with E-state index in [0.717, 1.165) is 18.0 Å². The number of nitrogens with one attached hydrogen (secondary N) is 1. The van der Waals surface area contributed by atoms with E-state index in [2.05, 4.69) is 23.8 Å². The molecule has 0 saturated heterocycles. The van der Waals surface area contributed by atoms with Crippen molar-refractivity contribution >= 4 is 5.71 Å². The Morgan fingerprint density at radius 3 is 3.07 bits per heavy atom. The highest BCUT2D eigenvalue weighted by Crippen LogP contribution is 2.06. The lowest BCUT2D eigenvalue weighted by atomic mass is 10.1. The molecule has 0 spiro atoms. The highest BCUT2D eigenvalue weighted by Gasteiger charge is 2.15. The summed E-state index contributed by atoms with van der Waals surface area (Å²) in [5.74, 6) is 0. The normalized spacial score (nSPS) is 24.5. The van der Waals surface area contributed by atoms with Gasteiger partial charge in [0.25, 0.3) is 0 Å². The molecule has 0 fully saturated rings. The predicted octanol–water partition coefficient (Wildman–Crippen LogP) is 1.69. The van der Waals surface area contributed by atoms with Gasteiger partial charge in [-0.3, -0.25) is 4.99 Å². The Bertz CT molecular complexity index is 303. The van der Waals surface area contributed by atoms with Gasteiger partial charge < -0.3 is 10.1 Å². The molecule has 0 bridgehead atoms. The molecule has 0 radical (unpaired) electrons. The number of hydrogen-bond acceptors (Lipinski definition) is 3. The first-order valence-corrected chi connectivity index (χ1v) is 5.06. The molecule has 1 unspecified atom stereocenters. The largest absolute Gasteiger partial charge is 0.379 e. The van der Waals surface area contributed by atoms with Gasteiger partial charge in [0.15, 0.2) is 0 Å². The standard InChI is InChI=1S/C12H18N2O/c1-4-5-6-7-11-8-13-10(2)12(14-11)9-15-3/h4-7,10,13H,1,8-9H2,2-3H3/b6-5-,11-7+. The first-order valence-electron chi connectivity index (χ1n) is 5.06. The molecule has 1 aliphatic heterocycles. The average molecular weight is 206 g/mol. The summed E-state index contributed by atoms with van der Waals surface area (Å²) in [6.45, 7) is 7.09. The molecule has 1 rings (SSSR count). The van der Waals surface area contributed by atoms with Crippen LogP contribution in [-0.4, -0.2) is 32.0 Å². The lowest BCUT2D eigenvalue weighted by molar-refractivity contribution is 0.241. The van der Waals surface area contributed by atoms with Crippen molar-refractivity contribution in [1.29, 1.82) is 0 Å². The minimum absolute atomic E-state index is 0.297. The van der Waals surface area contributed by atoms with Gasteiger partial charge in [0, 0.05) is 19.7 Å². The van der Waals surface area contributed by atoms with E-state index in [1.165, 1.54) is 0 Å². The monoisotopic (exact) mass is 206 g/mol. The fourth-order valence-corrected chi connectivity index (χ4v) is 1.34. The highest BCUT2D eigenvalue weighted by atomic mass is 16.5. The molecule has 1 atom stereocenters. The summed E-state index contributed by atoms with van der Waals surface area (Å²) < 4.78 is 5.09. The lowest BCUT2D eigenvalue weighted by Crippen LogP contribution is -2.41. The minimum Gasteiger partial charge on any atom is -0.379 e. The molecule has 3 nitrogen and oxygen atoms in total. The average Bonchev–Trinajstić information content (AvgIpc) is 2.23. The molecule has 0 aromatic heterocycles. The van der Waals surface area contributed by atoms with Crippen molar-refractivity contribution < 1.29 is 4.74 Å². The second-order valence-electron chi connectivity index (χ2n) is 3.42. The molecule has 1 heterocycles. The van der Waals surface area contributed by atoms with Crippen LogP contribution in [0.3, 0.4) is 0 Å². The second-order valence-corrected chi connectivity index (χ2v) is 3.42. The molecular weight excluding hydrogens is 188 g/mol. The zero-order valence-corrected chi connectivity index (χ0v) is 9.36. The zero-order valence-electron chi connectivity index (χ0n) is 9.36. The summed E-state index contributed by atoms with van der Waals surface area (Å²) in [4.78, 5) is 4.53. The van der Waals surface area contributed by atoms with Gasteiger partial charge in [-0.2, -0.15) is 0 Å². The topological polar surface area (TPSA) is 33.6 Å². The number of hydrogen-bond donors (Lipinski definition) is 1. The van der Waals surface area contributed by atoms with Gasteiger partial charge in [-0.25, -0.2) is 0 Å². The van der Waals surface area contributed by atoms with E-state index in [9.17, 15) is 0 Å². The lowest BCUT2D eigenvalue weighted by Gasteiger charge is -2.22. The summed E-state index contributed by atoms with van der Waals surface area (Å²) in [6.07, 6.45) is 7.55. The SMILES string of the molecule is C=C/C=C\C=C1/CNC(C)C(COC)=N1. The van der Waals surface area contributed by atoms with E-state index >= 15 is 0 Å². The van der Waals surface area contributed by atoms with Crippen LogP contribution in [0.4, 0.5) is 0 Å². The third kappa shape index (κ3) is 3.81. The third-order valence-electron chi connectivity index (χ3n) is 2.20. The van der Waals surface area contributed by atoms with Crippen LogP contribution in [0.5, 0.6) is 0 Å². The number of nitrogens with zero attached hydrogens (tertiary/aromatic N) is 1. The van der Waals surface area contributed by atoms with Gasteiger partial charge in [0.05, 0.1) is 18.0 Å². The molecule has 0 aromatic rings. The van der Waals surface area contributed by atoms with Crippen molar-refractivity contribution in [3.05, 3.63) is 36.6 Å². The van der Waals surface area contributed by atoms with E-state index in [-0.39, 0.29) is 0 Å². The predicted molar refractivity (Wildman–Crippen MR) is 64.2 cm³/mol. The van der Waals surface area contributed by atoms with Crippen LogP contribution in [0.25, 0.3) is 0 Å². The Labute approximate surface area is 91.2 Å². The molecule has 1 N–H and O–H groups in total. The van der Waals surface area contributed by atoms with Gasteiger partial charge in [-0.1, -0.05) is 24.8 Å². The molecule has 1 aliphatic rings. The minimum atomic E-state index is 0.297. The summed E-state index contributed by atoms with van der Waals surface area (Å²) in [5, 5.41) is 3.36. The third-order valence-corrected chi connectivity index (χ3v) is 2.20. The molecule has 0 aromatic carbocycles. The Hall–Kier alpha value is -1.19. The van der Waals surface area contributed by atoms with Crippen molar-refractivity contribution in [3.63, 3.8) is 0 Å². The van der Waals surface area contributed by atoms with Gasteiger partial charge in [-0.05, 0) is 13.0 Å². The molecular formula is C12H18N2O. The highest BCUT2D eigenvalue weighted by molar-refractivity contribution is 5.92. The quantitative estimate of drug-likeness (QED) is 0.710. The van der Waals surface area contributed by atoms with E-state index in [1.807, 2.05) is 18.2 Å². The molecule has 3 heteroatoms. The van der Waals surface area contributed by atoms with Crippen molar-refractivity contribution in [2.45, 2.75) is 13.0 Å². The van der Waals surface area contributed by atoms with E-state index in [0.29, 0.717) is 12.6 Å². The fourth-order valence-electron chi connectivity index (χ4n) is 1.34. The van der Waals surface area contributed by atoms with Crippen LogP contribution in [0, 0.1) is 0 Å². The number of rotatable bonds is 4. The van der Waals surface area contributed by atoms with Crippen LogP contribution in [0.2, 0.25) is 0 Å². The summed E-state index contributed by atoms with van der Waals surface area (Å²) in [7, 11) is 1.69. The molecule has 0 saturated carbocycles. The second kappa shape index (κ2) is 6.32. The summed E-state index contributed by atoms with van der Waals surface area (Å²) >= 11 is 0. The van der Waals surface area contributed by atoms with Crippen molar-refractivity contribution in [1.82, 2.24) is 5.32 Å². The zero-order chi connectivity index (χ0) is 11.1. The molecule has 0 amide bonds. The summed E-state index contributed by atoms with van der Waals surface area (Å²) in [5.41, 5.74) is 2.07. The Balaban J connectivity index is 2.72. The van der Waals surface area contributed by atoms with Gasteiger partial charge in [0.2, 0.25) is 0 Å². The molecule has 82 valence electrons. The maximum absolute atomic E-state index is 5.09. The molecule has 0 aliphatic carbocycles. The van der Waals surface area contributed by atoms with Gasteiger partial charge >= 0.3 is 0 Å². The van der Waals surface area contributed by atoms with Gasteiger partial charge in [0.1, 0.15) is 0 Å². The number of ether oxygens (including phenoxy) is 1. The van der Waals surface area contributed by atoms with Crippen molar-refractivity contribution in [2.24, 2.45) is 4.99 Å². The Morgan fingerprint density at radius 1 is 1.60 bits per heavy atom. The van der Waals surface area contributed by atoms with Crippen LogP contribution >= 0.6 is 0 Å². The van der Waals surface area contributed by atoms with E-state index in [4.69, 9.17) is 4.74 Å². The van der Waals surface area contributed by atoms with Crippen LogP contribution in [0.15, 0.2) is 41.6 Å². The molecule has 15 heavy (non-hydrogen) atoms.